The van der Waals surface area contributed by atoms with Gasteiger partial charge in [-0.2, -0.15) is 0 Å². The molecule has 0 radical (unpaired) electrons. The van der Waals surface area contributed by atoms with E-state index in [-0.39, 0.29) is 5.91 Å². The van der Waals surface area contributed by atoms with Gasteiger partial charge >= 0.3 is 0 Å². The van der Waals surface area contributed by atoms with E-state index in [0.717, 1.165) is 10.0 Å². The van der Waals surface area contributed by atoms with Gasteiger partial charge in [0, 0.05) is 16.1 Å². The van der Waals surface area contributed by atoms with E-state index < -0.39 is 0 Å². The van der Waals surface area contributed by atoms with Gasteiger partial charge in [-0.05, 0) is 30.3 Å². The Bertz CT molecular complexity index is 698. The summed E-state index contributed by atoms with van der Waals surface area (Å²) in [5.41, 5.74) is 1.44. The summed E-state index contributed by atoms with van der Waals surface area (Å²) < 4.78 is 11.3. The fourth-order valence-electron chi connectivity index (χ4n) is 1.92. The van der Waals surface area contributed by atoms with Gasteiger partial charge in [0.05, 0.1) is 19.9 Å². The summed E-state index contributed by atoms with van der Waals surface area (Å²) >= 11 is 3.37. The Labute approximate surface area is 137 Å². The molecule has 5 heteroatoms. The lowest BCUT2D eigenvalue weighted by atomic mass is 10.2. The second-order valence-electron chi connectivity index (χ2n) is 4.41. The number of amides is 1. The van der Waals surface area contributed by atoms with Gasteiger partial charge in [0.15, 0.2) is 0 Å². The van der Waals surface area contributed by atoms with Crippen molar-refractivity contribution in [3.63, 3.8) is 0 Å². The van der Waals surface area contributed by atoms with E-state index in [2.05, 4.69) is 21.2 Å². The van der Waals surface area contributed by atoms with Crippen LogP contribution >= 0.6 is 15.9 Å². The number of nitrogens with one attached hydrogen (secondary N) is 1. The summed E-state index contributed by atoms with van der Waals surface area (Å²) in [6.45, 7) is 0. The molecule has 0 aliphatic heterocycles. The van der Waals surface area contributed by atoms with E-state index in [4.69, 9.17) is 9.47 Å². The molecule has 4 nitrogen and oxygen atoms in total. The summed E-state index contributed by atoms with van der Waals surface area (Å²) in [6.07, 6.45) is 3.16. The third-order valence-corrected chi connectivity index (χ3v) is 3.47. The average Bonchev–Trinajstić information content (AvgIpc) is 2.53. The first-order valence-electron chi connectivity index (χ1n) is 6.59. The maximum absolute atomic E-state index is 12.1. The van der Waals surface area contributed by atoms with Gasteiger partial charge in [-0.1, -0.05) is 34.1 Å². The zero-order chi connectivity index (χ0) is 15.9. The molecule has 0 atom stereocenters. The number of methoxy groups -OCH3 is 2. The number of ether oxygens (including phenoxy) is 2. The van der Waals surface area contributed by atoms with Crippen molar-refractivity contribution in [2.45, 2.75) is 0 Å². The molecule has 0 bridgehead atoms. The topological polar surface area (TPSA) is 47.6 Å². The van der Waals surface area contributed by atoms with E-state index in [1.54, 1.807) is 32.4 Å². The summed E-state index contributed by atoms with van der Waals surface area (Å²) in [5, 5.41) is 2.79. The van der Waals surface area contributed by atoms with E-state index in [1.165, 1.54) is 6.08 Å². The molecule has 0 fully saturated rings. The number of hydrogen-bond acceptors (Lipinski definition) is 3. The minimum Gasteiger partial charge on any atom is -0.496 e. The first-order chi connectivity index (χ1) is 10.6. The molecule has 0 heterocycles. The molecule has 0 saturated heterocycles. The van der Waals surface area contributed by atoms with Crippen LogP contribution in [-0.4, -0.2) is 20.1 Å². The Morgan fingerprint density at radius 1 is 1.09 bits per heavy atom. The van der Waals surface area contributed by atoms with Crippen LogP contribution in [0.15, 0.2) is 53.0 Å². The molecule has 0 unspecified atom stereocenters. The summed E-state index contributed by atoms with van der Waals surface area (Å²) in [4.78, 5) is 12.1. The van der Waals surface area contributed by atoms with Crippen LogP contribution in [0.4, 0.5) is 5.69 Å². The van der Waals surface area contributed by atoms with Gasteiger partial charge in [0.25, 0.3) is 0 Å². The molecule has 2 aromatic carbocycles. The third kappa shape index (κ3) is 4.11. The van der Waals surface area contributed by atoms with Crippen molar-refractivity contribution in [1.82, 2.24) is 0 Å². The predicted molar refractivity (Wildman–Crippen MR) is 91.4 cm³/mol. The molecule has 0 spiro atoms. The predicted octanol–water partition coefficient (Wildman–Crippen LogP) is 4.12. The molecule has 1 amide bonds. The van der Waals surface area contributed by atoms with Gasteiger partial charge in [-0.25, -0.2) is 0 Å². The molecule has 114 valence electrons. The lowest BCUT2D eigenvalue weighted by molar-refractivity contribution is -0.111. The zero-order valence-corrected chi connectivity index (χ0v) is 13.9. The standard InChI is InChI=1S/C17H16BrNO3/c1-21-15-6-4-3-5-12(15)7-10-17(20)19-14-11-13(18)8-9-16(14)22-2/h3-11H,1-2H3,(H,19,20)/b10-7+. The molecule has 2 rings (SSSR count). The Hall–Kier alpha value is -2.27. The number of halogens is 1. The van der Waals surface area contributed by atoms with Crippen molar-refractivity contribution in [3.05, 3.63) is 58.6 Å². The number of benzene rings is 2. The zero-order valence-electron chi connectivity index (χ0n) is 12.3. The Morgan fingerprint density at radius 3 is 2.55 bits per heavy atom. The molecule has 0 saturated carbocycles. The molecule has 0 aliphatic rings. The maximum Gasteiger partial charge on any atom is 0.248 e. The van der Waals surface area contributed by atoms with Gasteiger partial charge in [-0.3, -0.25) is 4.79 Å². The van der Waals surface area contributed by atoms with Gasteiger partial charge in [0.2, 0.25) is 5.91 Å². The van der Waals surface area contributed by atoms with Gasteiger partial charge in [0.1, 0.15) is 11.5 Å². The number of anilines is 1. The van der Waals surface area contributed by atoms with Gasteiger partial charge < -0.3 is 14.8 Å². The SMILES string of the molecule is COc1ccccc1/C=C/C(=O)Nc1cc(Br)ccc1OC. The van der Waals surface area contributed by atoms with Crippen LogP contribution in [-0.2, 0) is 4.79 Å². The minimum absolute atomic E-state index is 0.248. The van der Waals surface area contributed by atoms with Gasteiger partial charge in [-0.15, -0.1) is 0 Å². The van der Waals surface area contributed by atoms with Crippen LogP contribution in [0.1, 0.15) is 5.56 Å². The van der Waals surface area contributed by atoms with Crippen molar-refractivity contribution < 1.29 is 14.3 Å². The first-order valence-corrected chi connectivity index (χ1v) is 7.39. The second kappa shape index (κ2) is 7.66. The number of hydrogen-bond donors (Lipinski definition) is 1. The molecular weight excluding hydrogens is 346 g/mol. The van der Waals surface area contributed by atoms with E-state index in [9.17, 15) is 4.79 Å². The average molecular weight is 362 g/mol. The molecule has 0 aromatic heterocycles. The summed E-state index contributed by atoms with van der Waals surface area (Å²) in [7, 11) is 3.16. The lowest BCUT2D eigenvalue weighted by Gasteiger charge is -2.09. The quantitative estimate of drug-likeness (QED) is 0.814. The summed E-state index contributed by atoms with van der Waals surface area (Å²) in [6, 6.07) is 12.9. The molecule has 1 N–H and O–H groups in total. The van der Waals surface area contributed by atoms with Crippen molar-refractivity contribution in [3.8, 4) is 11.5 Å². The number of carbonyl (C=O) groups excluding carboxylic acids is 1. The highest BCUT2D eigenvalue weighted by atomic mass is 79.9. The molecule has 22 heavy (non-hydrogen) atoms. The normalized spacial score (nSPS) is 10.5. The second-order valence-corrected chi connectivity index (χ2v) is 5.32. The highest BCUT2D eigenvalue weighted by Crippen LogP contribution is 2.28. The Kier molecular flexibility index (Phi) is 5.61. The first kappa shape index (κ1) is 16.1. The van der Waals surface area contributed by atoms with Crippen LogP contribution in [0.3, 0.4) is 0 Å². The lowest BCUT2D eigenvalue weighted by Crippen LogP contribution is -2.09. The fraction of sp³-hybridized carbons (Fsp3) is 0.118. The van der Waals surface area contributed by atoms with E-state index in [1.807, 2.05) is 30.3 Å². The van der Waals surface area contributed by atoms with Crippen molar-refractivity contribution in [2.24, 2.45) is 0 Å². The molecule has 2 aromatic rings. The molecular formula is C17H16BrNO3. The van der Waals surface area contributed by atoms with E-state index in [0.29, 0.717) is 17.2 Å². The van der Waals surface area contributed by atoms with Crippen LogP contribution in [0, 0.1) is 0 Å². The highest BCUT2D eigenvalue weighted by Gasteiger charge is 2.06. The minimum atomic E-state index is -0.248. The van der Waals surface area contributed by atoms with Crippen molar-refractivity contribution in [1.29, 1.82) is 0 Å². The number of carbonyl (C=O) groups is 1. The Balaban J connectivity index is 2.13. The fourth-order valence-corrected chi connectivity index (χ4v) is 2.28. The van der Waals surface area contributed by atoms with Crippen LogP contribution in [0.25, 0.3) is 6.08 Å². The third-order valence-electron chi connectivity index (χ3n) is 2.97. The monoisotopic (exact) mass is 361 g/mol. The summed E-state index contributed by atoms with van der Waals surface area (Å²) in [5.74, 6) is 1.07. The Morgan fingerprint density at radius 2 is 1.82 bits per heavy atom. The number of para-hydroxylation sites is 1. The highest BCUT2D eigenvalue weighted by molar-refractivity contribution is 9.10. The van der Waals surface area contributed by atoms with Crippen molar-refractivity contribution >= 4 is 33.6 Å². The van der Waals surface area contributed by atoms with Crippen LogP contribution in [0.5, 0.6) is 11.5 Å². The van der Waals surface area contributed by atoms with Crippen LogP contribution < -0.4 is 14.8 Å². The van der Waals surface area contributed by atoms with E-state index >= 15 is 0 Å². The van der Waals surface area contributed by atoms with Crippen molar-refractivity contribution in [2.75, 3.05) is 19.5 Å². The maximum atomic E-state index is 12.1. The van der Waals surface area contributed by atoms with Crippen LogP contribution in [0.2, 0.25) is 0 Å². The molecule has 0 aliphatic carbocycles. The largest absolute Gasteiger partial charge is 0.496 e. The smallest absolute Gasteiger partial charge is 0.248 e. The number of rotatable bonds is 5.